The van der Waals surface area contributed by atoms with Crippen molar-refractivity contribution in [3.63, 3.8) is 0 Å². The van der Waals surface area contributed by atoms with Crippen molar-refractivity contribution in [2.45, 2.75) is 25.7 Å². The van der Waals surface area contributed by atoms with Gasteiger partial charge in [0.25, 0.3) is 0 Å². The van der Waals surface area contributed by atoms with E-state index >= 15 is 0 Å². The smallest absolute Gasteiger partial charge is 0.229 e. The first-order valence-electron chi connectivity index (χ1n) is 9.69. The van der Waals surface area contributed by atoms with Crippen LogP contribution in [0.4, 0.5) is 5.69 Å². The summed E-state index contributed by atoms with van der Waals surface area (Å²) in [6, 6.07) is 18.5. The van der Waals surface area contributed by atoms with E-state index in [9.17, 15) is 10.1 Å². The molecular formula is C23H23N3O2S. The summed E-state index contributed by atoms with van der Waals surface area (Å²) >= 11 is 1.57. The molecule has 1 amide bonds. The van der Waals surface area contributed by atoms with E-state index in [1.54, 1.807) is 23.8 Å². The highest BCUT2D eigenvalue weighted by Gasteiger charge is 2.38. The van der Waals surface area contributed by atoms with E-state index in [1.807, 2.05) is 24.3 Å². The van der Waals surface area contributed by atoms with Crippen LogP contribution in [-0.2, 0) is 11.2 Å². The molecule has 2 aliphatic heterocycles. The fraction of sp³-hybridized carbons (Fsp3) is 0.304. The highest BCUT2D eigenvalue weighted by Crippen LogP contribution is 2.43. The lowest BCUT2D eigenvalue weighted by atomic mass is 9.86. The first-order valence-corrected chi connectivity index (χ1v) is 10.7. The van der Waals surface area contributed by atoms with Gasteiger partial charge in [-0.3, -0.25) is 9.69 Å². The van der Waals surface area contributed by atoms with Crippen molar-refractivity contribution in [1.82, 2.24) is 4.90 Å². The molecule has 0 N–H and O–H groups in total. The van der Waals surface area contributed by atoms with Gasteiger partial charge in [0.1, 0.15) is 5.75 Å². The van der Waals surface area contributed by atoms with Crippen LogP contribution in [0, 0.1) is 11.3 Å². The summed E-state index contributed by atoms with van der Waals surface area (Å²) in [6.07, 6.45) is 1.31. The van der Waals surface area contributed by atoms with Crippen molar-refractivity contribution in [3.8, 4) is 11.8 Å². The number of ether oxygens (including phenoxy) is 1. The van der Waals surface area contributed by atoms with Gasteiger partial charge in [-0.05, 0) is 41.8 Å². The number of benzene rings is 2. The molecule has 5 nitrogen and oxygen atoms in total. The Bertz CT molecular complexity index is 977. The predicted molar refractivity (Wildman–Crippen MR) is 115 cm³/mol. The average molecular weight is 406 g/mol. The SMILES string of the molecule is CCc1ccc(N2CSC3=C(C#N)C(c4ccc(OC)cc4)CC(=O)N3C2)cc1. The number of amides is 1. The van der Waals surface area contributed by atoms with Crippen LogP contribution in [0.2, 0.25) is 0 Å². The molecule has 0 spiro atoms. The Morgan fingerprint density at radius 2 is 1.90 bits per heavy atom. The number of fused-ring (bicyclic) bond motifs is 1. The maximum atomic E-state index is 13.0. The number of hydrogen-bond donors (Lipinski definition) is 0. The molecule has 0 saturated carbocycles. The molecule has 2 aromatic carbocycles. The summed E-state index contributed by atoms with van der Waals surface area (Å²) in [5, 5.41) is 10.7. The molecule has 1 fully saturated rings. The molecule has 1 atom stereocenters. The van der Waals surface area contributed by atoms with E-state index in [0.717, 1.165) is 28.5 Å². The molecule has 0 aromatic heterocycles. The lowest BCUT2D eigenvalue weighted by Gasteiger charge is -2.42. The fourth-order valence-electron chi connectivity index (χ4n) is 3.79. The van der Waals surface area contributed by atoms with Gasteiger partial charge in [0.15, 0.2) is 0 Å². The van der Waals surface area contributed by atoms with Crippen LogP contribution in [0.1, 0.15) is 30.4 Å². The van der Waals surface area contributed by atoms with E-state index < -0.39 is 0 Å². The topological polar surface area (TPSA) is 56.6 Å². The van der Waals surface area contributed by atoms with Crippen LogP contribution < -0.4 is 9.64 Å². The molecule has 0 bridgehead atoms. The number of allylic oxidation sites excluding steroid dienone is 1. The first kappa shape index (κ1) is 19.4. The normalized spacial score (nSPS) is 19.1. The van der Waals surface area contributed by atoms with Crippen LogP contribution in [0.5, 0.6) is 5.75 Å². The molecule has 29 heavy (non-hydrogen) atoms. The van der Waals surface area contributed by atoms with Crippen molar-refractivity contribution in [2.24, 2.45) is 0 Å². The largest absolute Gasteiger partial charge is 0.497 e. The Hall–Kier alpha value is -2.91. The van der Waals surface area contributed by atoms with Crippen molar-refractivity contribution in [3.05, 3.63) is 70.3 Å². The van der Waals surface area contributed by atoms with Gasteiger partial charge in [0, 0.05) is 18.0 Å². The Labute approximate surface area is 175 Å². The second kappa shape index (κ2) is 8.22. The van der Waals surface area contributed by atoms with Crippen LogP contribution in [0.25, 0.3) is 0 Å². The maximum absolute atomic E-state index is 13.0. The van der Waals surface area contributed by atoms with Crippen LogP contribution >= 0.6 is 11.8 Å². The van der Waals surface area contributed by atoms with Crippen LogP contribution in [-0.4, -0.2) is 30.5 Å². The summed E-state index contributed by atoms with van der Waals surface area (Å²) in [6.45, 7) is 2.62. The molecule has 0 aliphatic carbocycles. The third kappa shape index (κ3) is 3.70. The Morgan fingerprint density at radius 3 is 2.52 bits per heavy atom. The number of methoxy groups -OCH3 is 1. The number of hydrogen-bond acceptors (Lipinski definition) is 5. The van der Waals surface area contributed by atoms with Gasteiger partial charge in [0.05, 0.1) is 36.3 Å². The monoisotopic (exact) mass is 405 g/mol. The molecule has 148 valence electrons. The van der Waals surface area contributed by atoms with Gasteiger partial charge >= 0.3 is 0 Å². The van der Waals surface area contributed by atoms with Gasteiger partial charge in [0.2, 0.25) is 5.91 Å². The number of aryl methyl sites for hydroxylation is 1. The summed E-state index contributed by atoms with van der Waals surface area (Å²) in [7, 11) is 1.62. The predicted octanol–water partition coefficient (Wildman–Crippen LogP) is 4.48. The van der Waals surface area contributed by atoms with E-state index in [4.69, 9.17) is 4.74 Å². The van der Waals surface area contributed by atoms with Crippen LogP contribution in [0.15, 0.2) is 59.1 Å². The first-order chi connectivity index (χ1) is 14.1. The van der Waals surface area contributed by atoms with E-state index in [0.29, 0.717) is 24.5 Å². The minimum Gasteiger partial charge on any atom is -0.497 e. The van der Waals surface area contributed by atoms with Crippen molar-refractivity contribution in [2.75, 3.05) is 24.6 Å². The van der Waals surface area contributed by atoms with Gasteiger partial charge < -0.3 is 9.64 Å². The highest BCUT2D eigenvalue weighted by molar-refractivity contribution is 8.03. The minimum atomic E-state index is -0.201. The summed E-state index contributed by atoms with van der Waals surface area (Å²) in [4.78, 5) is 16.9. The molecule has 0 radical (unpaired) electrons. The quantitative estimate of drug-likeness (QED) is 0.751. The summed E-state index contributed by atoms with van der Waals surface area (Å²) in [5.74, 6) is 1.33. The van der Waals surface area contributed by atoms with Gasteiger partial charge in [-0.1, -0.05) is 43.0 Å². The number of nitriles is 1. The van der Waals surface area contributed by atoms with Crippen molar-refractivity contribution < 1.29 is 9.53 Å². The number of rotatable bonds is 4. The molecule has 1 unspecified atom stereocenters. The van der Waals surface area contributed by atoms with E-state index in [2.05, 4.69) is 42.2 Å². The molecule has 1 saturated heterocycles. The number of carbonyl (C=O) groups excluding carboxylic acids is 1. The van der Waals surface area contributed by atoms with Gasteiger partial charge in [-0.15, -0.1) is 0 Å². The number of thioether (sulfide) groups is 1. The molecule has 2 heterocycles. The molecule has 2 aliphatic rings. The Kier molecular flexibility index (Phi) is 5.50. The zero-order valence-electron chi connectivity index (χ0n) is 16.6. The second-order valence-electron chi connectivity index (χ2n) is 7.16. The third-order valence-corrected chi connectivity index (χ3v) is 6.68. The lowest BCUT2D eigenvalue weighted by molar-refractivity contribution is -0.129. The Morgan fingerprint density at radius 1 is 1.17 bits per heavy atom. The highest BCUT2D eigenvalue weighted by atomic mass is 32.2. The number of carbonyl (C=O) groups is 1. The van der Waals surface area contributed by atoms with Gasteiger partial charge in [-0.25, -0.2) is 0 Å². The Balaban J connectivity index is 1.61. The number of nitrogens with zero attached hydrogens (tertiary/aromatic N) is 3. The summed E-state index contributed by atoms with van der Waals surface area (Å²) in [5.41, 5.74) is 4.04. The summed E-state index contributed by atoms with van der Waals surface area (Å²) < 4.78 is 5.22. The van der Waals surface area contributed by atoms with Crippen LogP contribution in [0.3, 0.4) is 0 Å². The fourth-order valence-corrected chi connectivity index (χ4v) is 4.96. The second-order valence-corrected chi connectivity index (χ2v) is 8.09. The van der Waals surface area contributed by atoms with E-state index in [-0.39, 0.29) is 11.8 Å². The third-order valence-electron chi connectivity index (χ3n) is 5.52. The molecular weight excluding hydrogens is 382 g/mol. The van der Waals surface area contributed by atoms with E-state index in [1.165, 1.54) is 5.56 Å². The van der Waals surface area contributed by atoms with Crippen molar-refractivity contribution >= 4 is 23.4 Å². The minimum absolute atomic E-state index is 0.0576. The maximum Gasteiger partial charge on any atom is 0.229 e. The zero-order valence-corrected chi connectivity index (χ0v) is 17.4. The lowest BCUT2D eigenvalue weighted by Crippen LogP contribution is -2.47. The standard InChI is InChI=1S/C23H23N3O2S/c1-3-16-4-8-18(9-5-16)25-14-26-22(27)12-20(21(13-24)23(26)29-15-25)17-6-10-19(28-2)11-7-17/h4-11,20H,3,12,14-15H2,1-2H3. The molecule has 2 aromatic rings. The average Bonchev–Trinajstić information content (AvgIpc) is 2.79. The zero-order chi connectivity index (χ0) is 20.4. The molecule has 4 rings (SSSR count). The molecule has 6 heteroatoms. The number of anilines is 1. The van der Waals surface area contributed by atoms with Crippen molar-refractivity contribution in [1.29, 1.82) is 5.26 Å². The van der Waals surface area contributed by atoms with Gasteiger partial charge in [-0.2, -0.15) is 5.26 Å².